The smallest absolute Gasteiger partial charge is 0.280 e. The van der Waals surface area contributed by atoms with E-state index in [1.807, 2.05) is 29.8 Å². The van der Waals surface area contributed by atoms with Crippen molar-refractivity contribution in [2.75, 3.05) is 38.0 Å². The molecule has 0 unspecified atom stereocenters. The van der Waals surface area contributed by atoms with E-state index in [0.29, 0.717) is 6.54 Å². The fraction of sp³-hybridized carbons (Fsp3) is 0.333. The van der Waals surface area contributed by atoms with E-state index in [-0.39, 0.29) is 5.91 Å². The lowest BCUT2D eigenvalue weighted by molar-refractivity contribution is -1.02. The van der Waals surface area contributed by atoms with Gasteiger partial charge < -0.3 is 15.1 Å². The minimum atomic E-state index is 0.0461. The van der Waals surface area contributed by atoms with Crippen LogP contribution in [0.15, 0.2) is 60.7 Å². The zero-order chi connectivity index (χ0) is 20.9. The molecule has 0 bridgehead atoms. The molecule has 2 aromatic carbocycles. The highest BCUT2D eigenvalue weighted by atomic mass is 16.2. The van der Waals surface area contributed by atoms with Gasteiger partial charge in [-0.3, -0.25) is 4.79 Å². The third kappa shape index (κ3) is 5.14. The van der Waals surface area contributed by atoms with Crippen molar-refractivity contribution in [1.29, 1.82) is 0 Å². The van der Waals surface area contributed by atoms with Gasteiger partial charge in [0.25, 0.3) is 5.91 Å². The van der Waals surface area contributed by atoms with Crippen LogP contribution in [0, 0.1) is 13.8 Å². The minimum absolute atomic E-state index is 0.0461. The standard InChI is InChI=1S/C24H29N5O/c1-19-8-10-22(11-9-19)29-23(16-20(2)26-29)25-24(30)18-28-14-12-27(13-15-28)17-21-6-4-3-5-7-21/h3-11,16H,12-15,17-18H2,1-2H3,(H,25,30)/p+2. The summed E-state index contributed by atoms with van der Waals surface area (Å²) in [5.74, 6) is 0.777. The first-order valence-electron chi connectivity index (χ1n) is 10.7. The van der Waals surface area contributed by atoms with E-state index in [4.69, 9.17) is 0 Å². The largest absolute Gasteiger partial charge is 0.322 e. The van der Waals surface area contributed by atoms with E-state index in [1.165, 1.54) is 16.0 Å². The maximum absolute atomic E-state index is 12.7. The second-order valence-corrected chi connectivity index (χ2v) is 8.31. The lowest BCUT2D eigenvalue weighted by Crippen LogP contribution is -3.28. The monoisotopic (exact) mass is 405 g/mol. The maximum atomic E-state index is 12.7. The molecule has 156 valence electrons. The van der Waals surface area contributed by atoms with Crippen molar-refractivity contribution in [3.8, 4) is 5.69 Å². The Morgan fingerprint density at radius 3 is 2.33 bits per heavy atom. The summed E-state index contributed by atoms with van der Waals surface area (Å²) in [5, 5.41) is 7.63. The molecule has 1 aliphatic rings. The van der Waals surface area contributed by atoms with E-state index in [9.17, 15) is 4.79 Å². The van der Waals surface area contributed by atoms with E-state index in [0.717, 1.165) is 49.9 Å². The Hall–Kier alpha value is -2.96. The number of nitrogens with one attached hydrogen (secondary N) is 3. The highest BCUT2D eigenvalue weighted by molar-refractivity contribution is 5.91. The van der Waals surface area contributed by atoms with Gasteiger partial charge in [-0.15, -0.1) is 0 Å². The van der Waals surface area contributed by atoms with Crippen LogP contribution in [0.4, 0.5) is 5.82 Å². The molecule has 4 rings (SSSR count). The van der Waals surface area contributed by atoms with Crippen LogP contribution in [0.5, 0.6) is 0 Å². The Kier molecular flexibility index (Phi) is 6.26. The van der Waals surface area contributed by atoms with Gasteiger partial charge in [-0.05, 0) is 26.0 Å². The first kappa shape index (κ1) is 20.3. The van der Waals surface area contributed by atoms with E-state index in [2.05, 4.69) is 59.8 Å². The summed E-state index contributed by atoms with van der Waals surface area (Å²) >= 11 is 0. The molecule has 6 heteroatoms. The van der Waals surface area contributed by atoms with Crippen molar-refractivity contribution >= 4 is 11.7 Å². The lowest BCUT2D eigenvalue weighted by atomic mass is 10.2. The molecule has 1 aliphatic heterocycles. The Morgan fingerprint density at radius 2 is 1.63 bits per heavy atom. The first-order valence-corrected chi connectivity index (χ1v) is 10.7. The second kappa shape index (κ2) is 9.24. The summed E-state index contributed by atoms with van der Waals surface area (Å²) in [5.41, 5.74) is 4.42. The fourth-order valence-electron chi connectivity index (χ4n) is 4.08. The Labute approximate surface area is 178 Å². The van der Waals surface area contributed by atoms with Gasteiger partial charge in [0.15, 0.2) is 6.54 Å². The quantitative estimate of drug-likeness (QED) is 0.557. The van der Waals surface area contributed by atoms with Gasteiger partial charge in [-0.2, -0.15) is 5.10 Å². The predicted molar refractivity (Wildman–Crippen MR) is 118 cm³/mol. The summed E-state index contributed by atoms with van der Waals surface area (Å²) in [6, 6.07) is 20.7. The molecule has 0 saturated carbocycles. The summed E-state index contributed by atoms with van der Waals surface area (Å²) in [7, 11) is 0. The molecule has 0 radical (unpaired) electrons. The van der Waals surface area contributed by atoms with Crippen molar-refractivity contribution in [2.45, 2.75) is 20.4 Å². The maximum Gasteiger partial charge on any atom is 0.280 e. The Bertz CT molecular complexity index is 973. The zero-order valence-corrected chi connectivity index (χ0v) is 17.8. The number of aromatic nitrogens is 2. The number of aryl methyl sites for hydroxylation is 2. The van der Waals surface area contributed by atoms with Crippen molar-refractivity contribution in [2.24, 2.45) is 0 Å². The molecule has 3 aromatic rings. The van der Waals surface area contributed by atoms with E-state index < -0.39 is 0 Å². The van der Waals surface area contributed by atoms with Crippen LogP contribution in [0.1, 0.15) is 16.8 Å². The van der Waals surface area contributed by atoms with Gasteiger partial charge in [0.2, 0.25) is 0 Å². The number of hydrogen-bond acceptors (Lipinski definition) is 2. The number of hydrogen-bond donors (Lipinski definition) is 3. The lowest BCUT2D eigenvalue weighted by Gasteiger charge is -2.29. The highest BCUT2D eigenvalue weighted by Gasteiger charge is 2.25. The summed E-state index contributed by atoms with van der Waals surface area (Å²) < 4.78 is 1.81. The number of quaternary nitrogens is 2. The number of amides is 1. The molecule has 1 saturated heterocycles. The topological polar surface area (TPSA) is 55.8 Å². The van der Waals surface area contributed by atoms with Crippen LogP contribution in [-0.2, 0) is 11.3 Å². The fourth-order valence-corrected chi connectivity index (χ4v) is 4.08. The van der Waals surface area contributed by atoms with Gasteiger partial charge in [-0.1, -0.05) is 48.0 Å². The molecule has 30 heavy (non-hydrogen) atoms. The van der Waals surface area contributed by atoms with Crippen molar-refractivity contribution in [3.63, 3.8) is 0 Å². The molecule has 0 atom stereocenters. The van der Waals surface area contributed by atoms with E-state index >= 15 is 0 Å². The third-order valence-electron chi connectivity index (χ3n) is 5.75. The Morgan fingerprint density at radius 1 is 0.967 bits per heavy atom. The molecule has 0 spiro atoms. The summed E-state index contributed by atoms with van der Waals surface area (Å²) in [4.78, 5) is 15.7. The zero-order valence-electron chi connectivity index (χ0n) is 17.8. The van der Waals surface area contributed by atoms with Crippen LogP contribution in [0.3, 0.4) is 0 Å². The number of anilines is 1. The number of piperazine rings is 1. The van der Waals surface area contributed by atoms with Crippen LogP contribution < -0.4 is 15.1 Å². The van der Waals surface area contributed by atoms with Gasteiger partial charge in [0, 0.05) is 11.6 Å². The Balaban J connectivity index is 1.31. The SMILES string of the molecule is Cc1ccc(-n2nc(C)cc2NC(=O)C[NH+]2CC[NH+](Cc3ccccc3)CC2)cc1. The predicted octanol–water partition coefficient (Wildman–Crippen LogP) is 0.411. The molecular weight excluding hydrogens is 374 g/mol. The average Bonchev–Trinajstić information content (AvgIpc) is 3.10. The molecule has 2 heterocycles. The van der Waals surface area contributed by atoms with Gasteiger partial charge >= 0.3 is 0 Å². The molecule has 0 aliphatic carbocycles. The number of rotatable bonds is 6. The number of nitrogens with zero attached hydrogens (tertiary/aromatic N) is 2. The number of benzene rings is 2. The number of carbonyl (C=O) groups excluding carboxylic acids is 1. The van der Waals surface area contributed by atoms with Crippen molar-refractivity contribution in [3.05, 3.63) is 77.5 Å². The van der Waals surface area contributed by atoms with Gasteiger partial charge in [-0.25, -0.2) is 4.68 Å². The molecule has 1 aromatic heterocycles. The second-order valence-electron chi connectivity index (χ2n) is 8.31. The summed E-state index contributed by atoms with van der Waals surface area (Å²) in [6.07, 6.45) is 0. The molecule has 3 N–H and O–H groups in total. The molecule has 1 fully saturated rings. The van der Waals surface area contributed by atoms with Crippen LogP contribution >= 0.6 is 0 Å². The van der Waals surface area contributed by atoms with Crippen LogP contribution in [0.2, 0.25) is 0 Å². The highest BCUT2D eigenvalue weighted by Crippen LogP contribution is 2.17. The normalized spacial score (nSPS) is 18.9. The summed E-state index contributed by atoms with van der Waals surface area (Å²) in [6.45, 7) is 9.80. The van der Waals surface area contributed by atoms with E-state index in [1.54, 1.807) is 4.90 Å². The minimum Gasteiger partial charge on any atom is -0.322 e. The van der Waals surface area contributed by atoms with Crippen molar-refractivity contribution < 1.29 is 14.6 Å². The first-order chi connectivity index (χ1) is 14.6. The molecule has 1 amide bonds. The molecule has 6 nitrogen and oxygen atoms in total. The van der Waals surface area contributed by atoms with Gasteiger partial charge in [0.1, 0.15) is 38.5 Å². The third-order valence-corrected chi connectivity index (χ3v) is 5.75. The van der Waals surface area contributed by atoms with Gasteiger partial charge in [0.05, 0.1) is 11.4 Å². The molecular formula is C24H31N5O+2. The number of carbonyl (C=O) groups is 1. The average molecular weight is 406 g/mol. The van der Waals surface area contributed by atoms with Crippen LogP contribution in [0.25, 0.3) is 5.69 Å². The van der Waals surface area contributed by atoms with Crippen molar-refractivity contribution in [1.82, 2.24) is 9.78 Å². The van der Waals surface area contributed by atoms with Crippen LogP contribution in [-0.4, -0.2) is 48.4 Å².